The van der Waals surface area contributed by atoms with Crippen LogP contribution in [-0.2, 0) is 13.1 Å². The predicted molar refractivity (Wildman–Crippen MR) is 79.5 cm³/mol. The molecule has 0 saturated heterocycles. The summed E-state index contributed by atoms with van der Waals surface area (Å²) >= 11 is 1.79. The fourth-order valence-electron chi connectivity index (χ4n) is 2.12. The van der Waals surface area contributed by atoms with Gasteiger partial charge in [-0.1, -0.05) is 31.0 Å². The first-order valence-electron chi connectivity index (χ1n) is 6.15. The van der Waals surface area contributed by atoms with E-state index in [9.17, 15) is 0 Å². The molecule has 3 heteroatoms. The molecule has 2 rings (SSSR count). The molecule has 2 nitrogen and oxygen atoms in total. The molecule has 0 aliphatic carbocycles. The number of benzene rings is 1. The van der Waals surface area contributed by atoms with E-state index in [0.29, 0.717) is 13.1 Å². The fraction of sp³-hybridized carbons (Fsp3) is 0.333. The highest BCUT2D eigenvalue weighted by Crippen LogP contribution is 2.31. The highest BCUT2D eigenvalue weighted by molar-refractivity contribution is 7.19. The Hall–Kier alpha value is -1.34. The van der Waals surface area contributed by atoms with E-state index in [1.54, 1.807) is 11.3 Å². The first-order chi connectivity index (χ1) is 8.80. The lowest BCUT2D eigenvalue weighted by Crippen LogP contribution is -2.23. The third-order valence-electron chi connectivity index (χ3n) is 3.11. The van der Waals surface area contributed by atoms with Crippen LogP contribution in [0.3, 0.4) is 0 Å². The van der Waals surface area contributed by atoms with Gasteiger partial charge in [0.25, 0.3) is 0 Å². The molecular weight excluding hydrogens is 240 g/mol. The summed E-state index contributed by atoms with van der Waals surface area (Å²) in [7, 11) is 0. The third-order valence-corrected chi connectivity index (χ3v) is 4.35. The zero-order valence-electron chi connectivity index (χ0n) is 10.6. The molecule has 1 aromatic heterocycles. The summed E-state index contributed by atoms with van der Waals surface area (Å²) in [5.74, 6) is 2.71. The predicted octanol–water partition coefficient (Wildman–Crippen LogP) is 2.82. The van der Waals surface area contributed by atoms with Crippen LogP contribution in [0.25, 0.3) is 10.1 Å². The number of hydrogen-bond donors (Lipinski definition) is 1. The molecule has 0 fully saturated rings. The van der Waals surface area contributed by atoms with Crippen LogP contribution in [0.15, 0.2) is 24.3 Å². The standard InChI is InChI=1S/C15H18N2S/c1-3-9-17(4-2)11-13-12-7-5-6-8-14(12)18-15(13)10-16/h1,5-8H,4,9-11,16H2,2H3. The second-order valence-electron chi connectivity index (χ2n) is 4.21. The molecule has 2 aromatic rings. The van der Waals surface area contributed by atoms with Crippen LogP contribution in [0.5, 0.6) is 0 Å². The van der Waals surface area contributed by atoms with Gasteiger partial charge in [0.05, 0.1) is 6.54 Å². The number of rotatable bonds is 5. The monoisotopic (exact) mass is 258 g/mol. The van der Waals surface area contributed by atoms with Crippen molar-refractivity contribution >= 4 is 21.4 Å². The average molecular weight is 258 g/mol. The van der Waals surface area contributed by atoms with Gasteiger partial charge in [-0.3, -0.25) is 4.90 Å². The molecule has 1 heterocycles. The van der Waals surface area contributed by atoms with Crippen LogP contribution in [0.2, 0.25) is 0 Å². The maximum atomic E-state index is 5.86. The van der Waals surface area contributed by atoms with Gasteiger partial charge in [-0.15, -0.1) is 17.8 Å². The van der Waals surface area contributed by atoms with Crippen molar-refractivity contribution < 1.29 is 0 Å². The molecule has 0 amide bonds. The Balaban J connectivity index is 2.39. The third kappa shape index (κ3) is 2.56. The topological polar surface area (TPSA) is 29.3 Å². The van der Waals surface area contributed by atoms with Crippen molar-refractivity contribution in [2.24, 2.45) is 5.73 Å². The number of nitrogens with two attached hydrogens (primary N) is 1. The molecule has 0 atom stereocenters. The number of thiophene rings is 1. The highest BCUT2D eigenvalue weighted by atomic mass is 32.1. The number of fused-ring (bicyclic) bond motifs is 1. The van der Waals surface area contributed by atoms with Gasteiger partial charge >= 0.3 is 0 Å². The van der Waals surface area contributed by atoms with Crippen molar-refractivity contribution in [3.8, 4) is 12.3 Å². The van der Waals surface area contributed by atoms with Crippen LogP contribution in [0.1, 0.15) is 17.4 Å². The molecule has 2 N–H and O–H groups in total. The molecule has 0 spiro atoms. The van der Waals surface area contributed by atoms with Gasteiger partial charge in [0, 0.05) is 22.7 Å². The minimum absolute atomic E-state index is 0.599. The van der Waals surface area contributed by atoms with Crippen LogP contribution >= 0.6 is 11.3 Å². The minimum atomic E-state index is 0.599. The van der Waals surface area contributed by atoms with Gasteiger partial charge in [-0.25, -0.2) is 0 Å². The van der Waals surface area contributed by atoms with Gasteiger partial charge in [-0.2, -0.15) is 0 Å². The lowest BCUT2D eigenvalue weighted by atomic mass is 10.1. The Morgan fingerprint density at radius 2 is 2.17 bits per heavy atom. The number of terminal acetylenes is 1. The Bertz CT molecular complexity index is 565. The van der Waals surface area contributed by atoms with Crippen LogP contribution in [0, 0.1) is 12.3 Å². The molecule has 18 heavy (non-hydrogen) atoms. The molecule has 0 unspecified atom stereocenters. The van der Waals surface area contributed by atoms with Gasteiger partial charge in [-0.05, 0) is 23.6 Å². The molecule has 1 aromatic carbocycles. The molecule has 0 saturated carbocycles. The van der Waals surface area contributed by atoms with E-state index in [4.69, 9.17) is 12.2 Å². The lowest BCUT2D eigenvalue weighted by molar-refractivity contribution is 0.317. The van der Waals surface area contributed by atoms with Gasteiger partial charge in [0.1, 0.15) is 0 Å². The van der Waals surface area contributed by atoms with Crippen molar-refractivity contribution in [1.82, 2.24) is 4.90 Å². The van der Waals surface area contributed by atoms with Crippen molar-refractivity contribution in [3.63, 3.8) is 0 Å². The maximum absolute atomic E-state index is 5.86. The molecule has 0 aliphatic heterocycles. The van der Waals surface area contributed by atoms with E-state index in [1.165, 1.54) is 20.5 Å². The summed E-state index contributed by atoms with van der Waals surface area (Å²) in [6, 6.07) is 8.47. The van der Waals surface area contributed by atoms with Crippen LogP contribution in [0.4, 0.5) is 0 Å². The van der Waals surface area contributed by atoms with E-state index < -0.39 is 0 Å². The van der Waals surface area contributed by atoms with Crippen molar-refractivity contribution in [3.05, 3.63) is 34.7 Å². The van der Waals surface area contributed by atoms with Crippen LogP contribution < -0.4 is 5.73 Å². The van der Waals surface area contributed by atoms with Crippen LogP contribution in [-0.4, -0.2) is 18.0 Å². The summed E-state index contributed by atoms with van der Waals surface area (Å²) in [5.41, 5.74) is 7.20. The quantitative estimate of drug-likeness (QED) is 0.836. The molecular formula is C15H18N2S. The smallest absolute Gasteiger partial charge is 0.0601 e. The van der Waals surface area contributed by atoms with E-state index >= 15 is 0 Å². The summed E-state index contributed by atoms with van der Waals surface area (Å²) in [5, 5.41) is 1.32. The summed E-state index contributed by atoms with van der Waals surface area (Å²) in [6.45, 7) is 5.26. The van der Waals surface area contributed by atoms with Crippen molar-refractivity contribution in [2.75, 3.05) is 13.1 Å². The van der Waals surface area contributed by atoms with E-state index in [-0.39, 0.29) is 0 Å². The normalized spacial score (nSPS) is 11.0. The van der Waals surface area contributed by atoms with Gasteiger partial charge < -0.3 is 5.73 Å². The average Bonchev–Trinajstić information content (AvgIpc) is 2.76. The Labute approximate surface area is 112 Å². The van der Waals surface area contributed by atoms with Crippen molar-refractivity contribution in [2.45, 2.75) is 20.0 Å². The SMILES string of the molecule is C#CCN(CC)Cc1c(CN)sc2ccccc12. The summed E-state index contributed by atoms with van der Waals surface area (Å²) in [4.78, 5) is 3.53. The zero-order valence-corrected chi connectivity index (χ0v) is 11.5. The van der Waals surface area contributed by atoms with E-state index in [0.717, 1.165) is 13.1 Å². The summed E-state index contributed by atoms with van der Waals surface area (Å²) < 4.78 is 1.31. The van der Waals surface area contributed by atoms with E-state index in [2.05, 4.69) is 42.0 Å². The first-order valence-corrected chi connectivity index (χ1v) is 6.97. The Morgan fingerprint density at radius 1 is 1.39 bits per heavy atom. The fourth-order valence-corrected chi connectivity index (χ4v) is 3.21. The molecule has 94 valence electrons. The highest BCUT2D eigenvalue weighted by Gasteiger charge is 2.13. The van der Waals surface area contributed by atoms with Gasteiger partial charge in [0.2, 0.25) is 0 Å². The largest absolute Gasteiger partial charge is 0.326 e. The second-order valence-corrected chi connectivity index (χ2v) is 5.35. The minimum Gasteiger partial charge on any atom is -0.326 e. The summed E-state index contributed by atoms with van der Waals surface area (Å²) in [6.07, 6.45) is 5.40. The number of hydrogen-bond acceptors (Lipinski definition) is 3. The second kappa shape index (κ2) is 6.01. The van der Waals surface area contributed by atoms with Gasteiger partial charge in [0.15, 0.2) is 0 Å². The molecule has 0 radical (unpaired) electrons. The zero-order chi connectivity index (χ0) is 13.0. The van der Waals surface area contributed by atoms with Crippen molar-refractivity contribution in [1.29, 1.82) is 0 Å². The lowest BCUT2D eigenvalue weighted by Gasteiger charge is -2.17. The first kappa shape index (κ1) is 13.1. The molecule has 0 aliphatic rings. The number of nitrogens with zero attached hydrogens (tertiary/aromatic N) is 1. The Morgan fingerprint density at radius 3 is 2.83 bits per heavy atom. The maximum Gasteiger partial charge on any atom is 0.0601 e. The molecule has 0 bridgehead atoms. The van der Waals surface area contributed by atoms with E-state index in [1.807, 2.05) is 0 Å². The Kier molecular flexibility index (Phi) is 4.38.